The van der Waals surface area contributed by atoms with Crippen LogP contribution in [-0.2, 0) is 4.74 Å². The van der Waals surface area contributed by atoms with E-state index in [9.17, 15) is 4.79 Å². The lowest BCUT2D eigenvalue weighted by Gasteiger charge is -2.06. The molecule has 0 aromatic heterocycles. The normalized spacial score (nSPS) is 24.0. The van der Waals surface area contributed by atoms with Crippen molar-refractivity contribution < 1.29 is 9.53 Å². The maximum atomic E-state index is 11.8. The fourth-order valence-electron chi connectivity index (χ4n) is 2.81. The van der Waals surface area contributed by atoms with Gasteiger partial charge in [0, 0.05) is 5.02 Å². The summed E-state index contributed by atoms with van der Waals surface area (Å²) in [6.07, 6.45) is 2.07. The first-order valence-corrected chi connectivity index (χ1v) is 7.23. The Morgan fingerprint density at radius 2 is 2.11 bits per heavy atom. The second-order valence-corrected chi connectivity index (χ2v) is 6.44. The standard InChI is InChI=1S/C16H21ClO2/c1-11-14(16(11,2)3)8-5-9-19-15(18)12-6-4-7-13(17)10-12/h4,6-7,10-11,14H,5,8-9H2,1-3H3. The van der Waals surface area contributed by atoms with Crippen LogP contribution in [0.4, 0.5) is 0 Å². The second kappa shape index (κ2) is 5.54. The zero-order valence-electron chi connectivity index (χ0n) is 11.8. The number of benzene rings is 1. The Morgan fingerprint density at radius 3 is 2.68 bits per heavy atom. The molecule has 2 atom stereocenters. The summed E-state index contributed by atoms with van der Waals surface area (Å²) < 4.78 is 5.27. The fraction of sp³-hybridized carbons (Fsp3) is 0.562. The number of halogens is 1. The molecule has 2 unspecified atom stereocenters. The molecule has 0 heterocycles. The van der Waals surface area contributed by atoms with Gasteiger partial charge in [0.2, 0.25) is 0 Å². The summed E-state index contributed by atoms with van der Waals surface area (Å²) in [5.74, 6) is 1.28. The van der Waals surface area contributed by atoms with E-state index in [1.807, 2.05) is 0 Å². The molecule has 1 fully saturated rings. The second-order valence-electron chi connectivity index (χ2n) is 6.01. The predicted octanol–water partition coefficient (Wildman–Crippen LogP) is 4.57. The van der Waals surface area contributed by atoms with Crippen LogP contribution >= 0.6 is 11.6 Å². The van der Waals surface area contributed by atoms with Gasteiger partial charge < -0.3 is 4.74 Å². The summed E-state index contributed by atoms with van der Waals surface area (Å²) in [7, 11) is 0. The van der Waals surface area contributed by atoms with Gasteiger partial charge in [-0.3, -0.25) is 0 Å². The van der Waals surface area contributed by atoms with Crippen LogP contribution in [0, 0.1) is 17.3 Å². The van der Waals surface area contributed by atoms with Crippen LogP contribution in [0.5, 0.6) is 0 Å². The summed E-state index contributed by atoms with van der Waals surface area (Å²) in [5, 5.41) is 0.558. The van der Waals surface area contributed by atoms with E-state index in [1.165, 1.54) is 0 Å². The molecule has 2 nitrogen and oxygen atoms in total. The maximum Gasteiger partial charge on any atom is 0.338 e. The van der Waals surface area contributed by atoms with Gasteiger partial charge in [-0.15, -0.1) is 0 Å². The minimum Gasteiger partial charge on any atom is -0.462 e. The van der Waals surface area contributed by atoms with Crippen LogP contribution in [0.2, 0.25) is 5.02 Å². The van der Waals surface area contributed by atoms with Crippen LogP contribution in [0.3, 0.4) is 0 Å². The highest BCUT2D eigenvalue weighted by atomic mass is 35.5. The molecular weight excluding hydrogens is 260 g/mol. The molecule has 0 spiro atoms. The molecule has 0 N–H and O–H groups in total. The molecule has 19 heavy (non-hydrogen) atoms. The first-order chi connectivity index (χ1) is 8.93. The Hall–Kier alpha value is -1.02. The summed E-state index contributed by atoms with van der Waals surface area (Å²) >= 11 is 5.84. The summed E-state index contributed by atoms with van der Waals surface area (Å²) in [5.41, 5.74) is 0.990. The van der Waals surface area contributed by atoms with E-state index in [-0.39, 0.29) is 5.97 Å². The van der Waals surface area contributed by atoms with E-state index in [1.54, 1.807) is 24.3 Å². The van der Waals surface area contributed by atoms with Crippen LogP contribution in [-0.4, -0.2) is 12.6 Å². The Labute approximate surface area is 120 Å². The minimum atomic E-state index is -0.286. The van der Waals surface area contributed by atoms with E-state index in [0.717, 1.165) is 24.7 Å². The Bertz CT molecular complexity index is 468. The highest BCUT2D eigenvalue weighted by molar-refractivity contribution is 6.30. The summed E-state index contributed by atoms with van der Waals surface area (Å²) in [6, 6.07) is 6.86. The van der Waals surface area contributed by atoms with E-state index in [4.69, 9.17) is 16.3 Å². The third kappa shape index (κ3) is 3.30. The van der Waals surface area contributed by atoms with Crippen molar-refractivity contribution in [1.82, 2.24) is 0 Å². The van der Waals surface area contributed by atoms with Crippen molar-refractivity contribution in [2.24, 2.45) is 17.3 Å². The van der Waals surface area contributed by atoms with Crippen molar-refractivity contribution in [3.05, 3.63) is 34.9 Å². The van der Waals surface area contributed by atoms with Gasteiger partial charge in [0.15, 0.2) is 0 Å². The van der Waals surface area contributed by atoms with E-state index >= 15 is 0 Å². The average molecular weight is 281 g/mol. The topological polar surface area (TPSA) is 26.3 Å². The number of ether oxygens (including phenoxy) is 1. The number of hydrogen-bond acceptors (Lipinski definition) is 2. The van der Waals surface area contributed by atoms with Gasteiger partial charge in [0.05, 0.1) is 12.2 Å². The van der Waals surface area contributed by atoms with Crippen molar-refractivity contribution in [3.63, 3.8) is 0 Å². The van der Waals surface area contributed by atoms with Crippen molar-refractivity contribution in [3.8, 4) is 0 Å². The van der Waals surface area contributed by atoms with Crippen LogP contribution in [0.15, 0.2) is 24.3 Å². The lowest BCUT2D eigenvalue weighted by atomic mass is 10.1. The number of carbonyl (C=O) groups is 1. The number of carbonyl (C=O) groups excluding carboxylic acids is 1. The number of hydrogen-bond donors (Lipinski definition) is 0. The third-order valence-corrected chi connectivity index (χ3v) is 4.81. The lowest BCUT2D eigenvalue weighted by Crippen LogP contribution is -2.06. The molecular formula is C16H21ClO2. The quantitative estimate of drug-likeness (QED) is 0.583. The van der Waals surface area contributed by atoms with Crippen molar-refractivity contribution in [2.75, 3.05) is 6.61 Å². The zero-order valence-corrected chi connectivity index (χ0v) is 12.5. The first-order valence-electron chi connectivity index (χ1n) is 6.85. The SMILES string of the molecule is CC1C(CCCOC(=O)c2cccc(Cl)c2)C1(C)C. The molecule has 1 aromatic carbocycles. The van der Waals surface area contributed by atoms with Crippen LogP contribution in [0.25, 0.3) is 0 Å². The predicted molar refractivity (Wildman–Crippen MR) is 77.4 cm³/mol. The van der Waals surface area contributed by atoms with E-state index < -0.39 is 0 Å². The molecule has 0 radical (unpaired) electrons. The molecule has 1 saturated carbocycles. The molecule has 0 bridgehead atoms. The largest absolute Gasteiger partial charge is 0.462 e. The fourth-order valence-corrected chi connectivity index (χ4v) is 3.00. The Kier molecular flexibility index (Phi) is 4.19. The molecule has 104 valence electrons. The number of esters is 1. The van der Waals surface area contributed by atoms with Crippen molar-refractivity contribution in [1.29, 1.82) is 0 Å². The monoisotopic (exact) mass is 280 g/mol. The van der Waals surface area contributed by atoms with Crippen molar-refractivity contribution in [2.45, 2.75) is 33.6 Å². The van der Waals surface area contributed by atoms with Crippen LogP contribution in [0.1, 0.15) is 44.0 Å². The van der Waals surface area contributed by atoms with Crippen LogP contribution < -0.4 is 0 Å². The van der Waals surface area contributed by atoms with Gasteiger partial charge in [-0.2, -0.15) is 0 Å². The van der Waals surface area contributed by atoms with Gasteiger partial charge >= 0.3 is 5.97 Å². The Balaban J connectivity index is 1.70. The third-order valence-electron chi connectivity index (χ3n) is 4.58. The summed E-state index contributed by atoms with van der Waals surface area (Å²) in [4.78, 5) is 11.8. The van der Waals surface area contributed by atoms with Gasteiger partial charge in [-0.05, 0) is 48.3 Å². The molecule has 1 aromatic rings. The lowest BCUT2D eigenvalue weighted by molar-refractivity contribution is 0.0496. The molecule has 0 saturated heterocycles. The highest BCUT2D eigenvalue weighted by Crippen LogP contribution is 2.59. The number of rotatable bonds is 5. The molecule has 3 heteroatoms. The minimum absolute atomic E-state index is 0.286. The zero-order chi connectivity index (χ0) is 14.0. The first kappa shape index (κ1) is 14.4. The van der Waals surface area contributed by atoms with Gasteiger partial charge in [-0.25, -0.2) is 4.79 Å². The molecule has 0 amide bonds. The molecule has 1 aliphatic rings. The van der Waals surface area contributed by atoms with Gasteiger partial charge in [0.25, 0.3) is 0 Å². The highest BCUT2D eigenvalue weighted by Gasteiger charge is 2.53. The molecule has 2 rings (SSSR count). The summed E-state index contributed by atoms with van der Waals surface area (Å²) in [6.45, 7) is 7.40. The van der Waals surface area contributed by atoms with Crippen molar-refractivity contribution >= 4 is 17.6 Å². The average Bonchev–Trinajstić information content (AvgIpc) is 2.84. The maximum absolute atomic E-state index is 11.8. The van der Waals surface area contributed by atoms with E-state index in [2.05, 4.69) is 20.8 Å². The smallest absolute Gasteiger partial charge is 0.338 e. The Morgan fingerprint density at radius 1 is 1.42 bits per heavy atom. The van der Waals surface area contributed by atoms with Gasteiger partial charge in [-0.1, -0.05) is 38.4 Å². The van der Waals surface area contributed by atoms with E-state index in [0.29, 0.717) is 22.6 Å². The molecule has 0 aliphatic heterocycles. The molecule has 1 aliphatic carbocycles. The van der Waals surface area contributed by atoms with Gasteiger partial charge in [0.1, 0.15) is 0 Å².